The largest absolute Gasteiger partial charge is 0.0713 e. The predicted molar refractivity (Wildman–Crippen MR) is 55.1 cm³/mol. The molecule has 1 aliphatic rings. The van der Waals surface area contributed by atoms with Crippen LogP contribution in [0, 0.1) is 5.41 Å². The van der Waals surface area contributed by atoms with Crippen LogP contribution in [-0.2, 0) is 0 Å². The van der Waals surface area contributed by atoms with Crippen LogP contribution in [0.3, 0.4) is 0 Å². The molecular weight excluding hydrogens is 144 g/mol. The van der Waals surface area contributed by atoms with Gasteiger partial charge in [0.15, 0.2) is 0 Å². The quantitative estimate of drug-likeness (QED) is 0.576. The third kappa shape index (κ3) is 1.48. The first kappa shape index (κ1) is 9.57. The fourth-order valence-electron chi connectivity index (χ4n) is 1.91. The van der Waals surface area contributed by atoms with Crippen molar-refractivity contribution in [2.24, 2.45) is 5.41 Å². The van der Waals surface area contributed by atoms with Gasteiger partial charge >= 0.3 is 0 Å². The Hall–Kier alpha value is -0.520. The molecule has 0 saturated heterocycles. The standard InChI is InChI=1S/C12H20/c1-6-7-11-8-12(4,5)10(3)9(11)2/h8H,6-7H2,1-5H3. The van der Waals surface area contributed by atoms with Crippen molar-refractivity contribution in [2.45, 2.75) is 47.5 Å². The SMILES string of the molecule is CCCC1=CC(C)(C)C(C)=C1C. The molecule has 0 aromatic rings. The van der Waals surface area contributed by atoms with E-state index < -0.39 is 0 Å². The molecule has 0 unspecified atom stereocenters. The second-order valence-corrected chi connectivity index (χ2v) is 4.39. The highest BCUT2D eigenvalue weighted by atomic mass is 14.3. The Labute approximate surface area is 76.4 Å². The van der Waals surface area contributed by atoms with Crippen molar-refractivity contribution in [3.05, 3.63) is 22.8 Å². The molecule has 1 rings (SSSR count). The van der Waals surface area contributed by atoms with Crippen molar-refractivity contribution in [1.82, 2.24) is 0 Å². The molecule has 0 aromatic heterocycles. The fraction of sp³-hybridized carbons (Fsp3) is 0.667. The number of hydrogen-bond donors (Lipinski definition) is 0. The van der Waals surface area contributed by atoms with Crippen molar-refractivity contribution in [2.75, 3.05) is 0 Å². The lowest BCUT2D eigenvalue weighted by Crippen LogP contribution is -2.05. The summed E-state index contributed by atoms with van der Waals surface area (Å²) in [6.45, 7) is 11.4. The van der Waals surface area contributed by atoms with Crippen LogP contribution in [0.25, 0.3) is 0 Å². The lowest BCUT2D eigenvalue weighted by atomic mass is 9.88. The lowest BCUT2D eigenvalue weighted by molar-refractivity contribution is 0.587. The topological polar surface area (TPSA) is 0 Å². The van der Waals surface area contributed by atoms with Gasteiger partial charge in [-0.1, -0.05) is 38.8 Å². The van der Waals surface area contributed by atoms with Crippen molar-refractivity contribution in [1.29, 1.82) is 0 Å². The first-order valence-corrected chi connectivity index (χ1v) is 4.89. The Morgan fingerprint density at radius 3 is 2.17 bits per heavy atom. The minimum atomic E-state index is 0.314. The molecule has 0 amide bonds. The Morgan fingerprint density at radius 2 is 1.83 bits per heavy atom. The van der Waals surface area contributed by atoms with Crippen LogP contribution in [0.15, 0.2) is 22.8 Å². The smallest absolute Gasteiger partial charge is 0.00431 e. The van der Waals surface area contributed by atoms with E-state index in [1.807, 2.05) is 0 Å². The first-order chi connectivity index (χ1) is 5.49. The van der Waals surface area contributed by atoms with Gasteiger partial charge in [0, 0.05) is 5.41 Å². The van der Waals surface area contributed by atoms with Gasteiger partial charge in [-0.3, -0.25) is 0 Å². The molecule has 0 radical (unpaired) electrons. The second-order valence-electron chi connectivity index (χ2n) is 4.39. The number of rotatable bonds is 2. The molecule has 68 valence electrons. The van der Waals surface area contributed by atoms with E-state index in [0.717, 1.165) is 0 Å². The van der Waals surface area contributed by atoms with E-state index in [1.165, 1.54) is 18.4 Å². The van der Waals surface area contributed by atoms with E-state index in [9.17, 15) is 0 Å². The number of allylic oxidation sites excluding steroid dienone is 4. The molecule has 1 aliphatic carbocycles. The Morgan fingerprint density at radius 1 is 1.25 bits per heavy atom. The molecule has 0 aromatic carbocycles. The van der Waals surface area contributed by atoms with Crippen molar-refractivity contribution < 1.29 is 0 Å². The summed E-state index contributed by atoms with van der Waals surface area (Å²) < 4.78 is 0. The molecule has 0 nitrogen and oxygen atoms in total. The average molecular weight is 164 g/mol. The average Bonchev–Trinajstić information content (AvgIpc) is 2.16. The number of hydrogen-bond acceptors (Lipinski definition) is 0. The minimum Gasteiger partial charge on any atom is -0.0713 e. The maximum absolute atomic E-state index is 2.43. The van der Waals surface area contributed by atoms with Gasteiger partial charge in [0.2, 0.25) is 0 Å². The van der Waals surface area contributed by atoms with Gasteiger partial charge in [-0.15, -0.1) is 0 Å². The summed E-state index contributed by atoms with van der Waals surface area (Å²) in [5, 5.41) is 0. The molecule has 0 heterocycles. The maximum Gasteiger partial charge on any atom is 0.00431 e. The summed E-state index contributed by atoms with van der Waals surface area (Å²) in [5.74, 6) is 0. The Balaban J connectivity index is 2.94. The lowest BCUT2D eigenvalue weighted by Gasteiger charge is -2.17. The second kappa shape index (κ2) is 3.08. The zero-order valence-corrected chi connectivity index (χ0v) is 8.99. The van der Waals surface area contributed by atoms with Gasteiger partial charge in [-0.25, -0.2) is 0 Å². The molecule has 0 spiro atoms. The third-order valence-corrected chi connectivity index (χ3v) is 3.07. The molecule has 0 atom stereocenters. The van der Waals surface area contributed by atoms with E-state index in [4.69, 9.17) is 0 Å². The van der Waals surface area contributed by atoms with Crippen molar-refractivity contribution >= 4 is 0 Å². The van der Waals surface area contributed by atoms with Crippen LogP contribution < -0.4 is 0 Å². The van der Waals surface area contributed by atoms with Crippen molar-refractivity contribution in [3.8, 4) is 0 Å². The molecule has 0 saturated carbocycles. The molecule has 0 heteroatoms. The van der Waals surface area contributed by atoms with Crippen LogP contribution in [0.4, 0.5) is 0 Å². The molecule has 0 aliphatic heterocycles. The summed E-state index contributed by atoms with van der Waals surface area (Å²) in [7, 11) is 0. The van der Waals surface area contributed by atoms with Crippen LogP contribution >= 0.6 is 0 Å². The van der Waals surface area contributed by atoms with E-state index in [1.54, 1.807) is 11.1 Å². The molecular formula is C12H20. The zero-order chi connectivity index (χ0) is 9.35. The highest BCUT2D eigenvalue weighted by Crippen LogP contribution is 2.41. The molecule has 0 fully saturated rings. The normalized spacial score (nSPS) is 21.6. The zero-order valence-electron chi connectivity index (χ0n) is 8.99. The van der Waals surface area contributed by atoms with Gasteiger partial charge in [0.25, 0.3) is 0 Å². The molecule has 0 bridgehead atoms. The van der Waals surface area contributed by atoms with Crippen LogP contribution in [-0.4, -0.2) is 0 Å². The van der Waals surface area contributed by atoms with Gasteiger partial charge < -0.3 is 0 Å². The van der Waals surface area contributed by atoms with Crippen LogP contribution in [0.1, 0.15) is 47.5 Å². The van der Waals surface area contributed by atoms with Gasteiger partial charge in [-0.2, -0.15) is 0 Å². The Bertz CT molecular complexity index is 239. The van der Waals surface area contributed by atoms with Gasteiger partial charge in [0.1, 0.15) is 0 Å². The first-order valence-electron chi connectivity index (χ1n) is 4.89. The van der Waals surface area contributed by atoms with E-state index >= 15 is 0 Å². The molecule has 12 heavy (non-hydrogen) atoms. The summed E-state index contributed by atoms with van der Waals surface area (Å²) in [6, 6.07) is 0. The fourth-order valence-corrected chi connectivity index (χ4v) is 1.91. The highest BCUT2D eigenvalue weighted by Gasteiger charge is 2.26. The summed E-state index contributed by atoms with van der Waals surface area (Å²) in [5.41, 5.74) is 4.96. The van der Waals surface area contributed by atoms with Gasteiger partial charge in [0.05, 0.1) is 0 Å². The van der Waals surface area contributed by atoms with E-state index in [0.29, 0.717) is 5.41 Å². The minimum absolute atomic E-state index is 0.314. The van der Waals surface area contributed by atoms with Crippen molar-refractivity contribution in [3.63, 3.8) is 0 Å². The van der Waals surface area contributed by atoms with E-state index in [2.05, 4.69) is 40.7 Å². The summed E-state index contributed by atoms with van der Waals surface area (Å²) >= 11 is 0. The Kier molecular flexibility index (Phi) is 2.46. The third-order valence-electron chi connectivity index (χ3n) is 3.07. The van der Waals surface area contributed by atoms with E-state index in [-0.39, 0.29) is 0 Å². The molecule has 0 N–H and O–H groups in total. The summed E-state index contributed by atoms with van der Waals surface area (Å²) in [4.78, 5) is 0. The monoisotopic (exact) mass is 164 g/mol. The predicted octanol–water partition coefficient (Wildman–Crippen LogP) is 4.09. The maximum atomic E-state index is 2.43. The summed E-state index contributed by atoms with van der Waals surface area (Å²) in [6.07, 6.45) is 4.93. The van der Waals surface area contributed by atoms with Crippen LogP contribution in [0.2, 0.25) is 0 Å². The van der Waals surface area contributed by atoms with Gasteiger partial charge in [-0.05, 0) is 31.4 Å². The van der Waals surface area contributed by atoms with Crippen LogP contribution in [0.5, 0.6) is 0 Å². The highest BCUT2D eigenvalue weighted by molar-refractivity contribution is 5.45.